The Morgan fingerprint density at radius 2 is 1.52 bits per heavy atom. The molecule has 1 rings (SSSR count). The van der Waals surface area contributed by atoms with Gasteiger partial charge >= 0.3 is 0 Å². The molecular weight excluding hydrogens is 260 g/mol. The molecule has 0 aromatic heterocycles. The maximum absolute atomic E-state index is 5.57. The maximum Gasteiger partial charge on any atom is 0.0496 e. The Morgan fingerprint density at radius 3 is 2.14 bits per heavy atom. The fraction of sp³-hybridized carbons (Fsp3) is 1.00. The Hall–Kier alpha value is -0.0800. The molecule has 0 saturated heterocycles. The van der Waals surface area contributed by atoms with Crippen molar-refractivity contribution in [2.45, 2.75) is 77.6 Å². The Labute approximate surface area is 133 Å². The van der Waals surface area contributed by atoms with Gasteiger partial charge in [-0.05, 0) is 24.2 Å². The van der Waals surface area contributed by atoms with E-state index < -0.39 is 0 Å². The van der Waals surface area contributed by atoms with E-state index in [1.54, 1.807) is 0 Å². The van der Waals surface area contributed by atoms with E-state index in [9.17, 15) is 0 Å². The van der Waals surface area contributed by atoms with Crippen molar-refractivity contribution in [3.8, 4) is 0 Å². The molecule has 0 aliphatic heterocycles. The predicted octanol–water partition coefficient (Wildman–Crippen LogP) is 5.45. The monoisotopic (exact) mass is 298 g/mol. The van der Waals surface area contributed by atoms with Crippen LogP contribution in [-0.4, -0.2) is 27.4 Å². The van der Waals surface area contributed by atoms with E-state index >= 15 is 0 Å². The summed E-state index contributed by atoms with van der Waals surface area (Å²) in [5.74, 6) is 2.27. The molecule has 0 amide bonds. The first kappa shape index (κ1) is 19.0. The Morgan fingerprint density at radius 1 is 0.857 bits per heavy atom. The van der Waals surface area contributed by atoms with Gasteiger partial charge in [-0.3, -0.25) is 0 Å². The van der Waals surface area contributed by atoms with Gasteiger partial charge in [0, 0.05) is 27.4 Å². The van der Waals surface area contributed by atoms with E-state index in [0.29, 0.717) is 11.8 Å². The molecule has 2 unspecified atom stereocenters. The van der Waals surface area contributed by atoms with Crippen molar-refractivity contribution in [1.82, 2.24) is 0 Å². The normalized spacial score (nSPS) is 19.6. The highest BCUT2D eigenvalue weighted by Gasteiger charge is 2.30. The van der Waals surface area contributed by atoms with Crippen molar-refractivity contribution in [3.05, 3.63) is 0 Å². The summed E-state index contributed by atoms with van der Waals surface area (Å²) >= 11 is 0. The Bertz CT molecular complexity index is 224. The van der Waals surface area contributed by atoms with Gasteiger partial charge in [0.05, 0.1) is 0 Å². The molecule has 0 spiro atoms. The Kier molecular flexibility index (Phi) is 11.3. The second-order valence-electron chi connectivity index (χ2n) is 6.94. The maximum atomic E-state index is 5.57. The summed E-state index contributed by atoms with van der Waals surface area (Å²) in [7, 11) is 3.72. The zero-order valence-electron chi connectivity index (χ0n) is 14.7. The minimum atomic E-state index is 0.694. The molecule has 21 heavy (non-hydrogen) atoms. The minimum absolute atomic E-state index is 0.694. The average molecular weight is 299 g/mol. The zero-order chi connectivity index (χ0) is 15.3. The van der Waals surface area contributed by atoms with Gasteiger partial charge in [-0.2, -0.15) is 0 Å². The first-order valence-electron chi connectivity index (χ1n) is 9.31. The van der Waals surface area contributed by atoms with Gasteiger partial charge in [-0.15, -0.1) is 0 Å². The van der Waals surface area contributed by atoms with Crippen molar-refractivity contribution in [3.63, 3.8) is 0 Å². The molecule has 0 aromatic carbocycles. The third-order valence-electron chi connectivity index (χ3n) is 5.28. The molecule has 2 nitrogen and oxygen atoms in total. The van der Waals surface area contributed by atoms with E-state index in [1.165, 1.54) is 70.6 Å². The standard InChI is InChI=1S/C19H38O2/c1-4-5-6-7-9-14-18(15-20-2)19(16-21-3)17-12-10-8-11-13-17/h17-19H,4-16H2,1-3H3. The molecular formula is C19H38O2. The summed E-state index contributed by atoms with van der Waals surface area (Å²) in [6.07, 6.45) is 15.3. The van der Waals surface area contributed by atoms with Gasteiger partial charge in [-0.25, -0.2) is 0 Å². The summed E-state index contributed by atoms with van der Waals surface area (Å²) in [6.45, 7) is 4.12. The molecule has 2 heteroatoms. The molecule has 2 atom stereocenters. The minimum Gasteiger partial charge on any atom is -0.384 e. The van der Waals surface area contributed by atoms with Crippen molar-refractivity contribution in [1.29, 1.82) is 0 Å². The quantitative estimate of drug-likeness (QED) is 0.446. The molecule has 0 bridgehead atoms. The largest absolute Gasteiger partial charge is 0.384 e. The van der Waals surface area contributed by atoms with Crippen LogP contribution in [0.4, 0.5) is 0 Å². The van der Waals surface area contributed by atoms with Gasteiger partial charge < -0.3 is 9.47 Å². The second kappa shape index (κ2) is 12.5. The molecule has 0 aromatic rings. The van der Waals surface area contributed by atoms with Gasteiger partial charge in [0.15, 0.2) is 0 Å². The second-order valence-corrected chi connectivity index (χ2v) is 6.94. The van der Waals surface area contributed by atoms with Crippen LogP contribution in [0.15, 0.2) is 0 Å². The van der Waals surface area contributed by atoms with Gasteiger partial charge in [0.1, 0.15) is 0 Å². The fourth-order valence-corrected chi connectivity index (χ4v) is 4.06. The van der Waals surface area contributed by atoms with Crippen molar-refractivity contribution >= 4 is 0 Å². The third kappa shape index (κ3) is 7.65. The molecule has 0 N–H and O–H groups in total. The van der Waals surface area contributed by atoms with Crippen LogP contribution in [0.2, 0.25) is 0 Å². The van der Waals surface area contributed by atoms with Crippen molar-refractivity contribution in [2.75, 3.05) is 27.4 Å². The molecule has 1 fully saturated rings. The van der Waals surface area contributed by atoms with Gasteiger partial charge in [-0.1, -0.05) is 71.1 Å². The van der Waals surface area contributed by atoms with E-state index in [2.05, 4.69) is 6.92 Å². The number of rotatable bonds is 12. The number of unbranched alkanes of at least 4 members (excludes halogenated alkanes) is 4. The van der Waals surface area contributed by atoms with Gasteiger partial charge in [0.2, 0.25) is 0 Å². The lowest BCUT2D eigenvalue weighted by Gasteiger charge is -2.35. The lowest BCUT2D eigenvalue weighted by Crippen LogP contribution is -2.32. The summed E-state index contributed by atoms with van der Waals surface area (Å²) < 4.78 is 11.1. The first-order valence-corrected chi connectivity index (χ1v) is 9.31. The van der Waals surface area contributed by atoms with Crippen LogP contribution < -0.4 is 0 Å². The van der Waals surface area contributed by atoms with Crippen LogP contribution in [0.5, 0.6) is 0 Å². The predicted molar refractivity (Wildman–Crippen MR) is 90.7 cm³/mol. The van der Waals surface area contributed by atoms with E-state index in [4.69, 9.17) is 9.47 Å². The third-order valence-corrected chi connectivity index (χ3v) is 5.28. The molecule has 0 radical (unpaired) electrons. The number of ether oxygens (including phenoxy) is 2. The van der Waals surface area contributed by atoms with Gasteiger partial charge in [0.25, 0.3) is 0 Å². The van der Waals surface area contributed by atoms with Crippen LogP contribution in [0.25, 0.3) is 0 Å². The summed E-state index contributed by atoms with van der Waals surface area (Å²) in [6, 6.07) is 0. The van der Waals surface area contributed by atoms with Crippen LogP contribution in [0.3, 0.4) is 0 Å². The smallest absolute Gasteiger partial charge is 0.0496 e. The lowest BCUT2D eigenvalue weighted by molar-refractivity contribution is 0.0254. The topological polar surface area (TPSA) is 18.5 Å². The summed E-state index contributed by atoms with van der Waals surface area (Å²) in [5, 5.41) is 0. The van der Waals surface area contributed by atoms with Crippen LogP contribution in [0, 0.1) is 17.8 Å². The molecule has 1 saturated carbocycles. The van der Waals surface area contributed by atoms with Crippen LogP contribution in [0.1, 0.15) is 77.6 Å². The van der Waals surface area contributed by atoms with E-state index in [1.807, 2.05) is 14.2 Å². The highest BCUT2D eigenvalue weighted by molar-refractivity contribution is 4.80. The number of methoxy groups -OCH3 is 2. The fourth-order valence-electron chi connectivity index (χ4n) is 4.06. The molecule has 126 valence electrons. The molecule has 0 heterocycles. The average Bonchev–Trinajstić information content (AvgIpc) is 2.52. The first-order chi connectivity index (χ1) is 10.3. The van der Waals surface area contributed by atoms with Crippen LogP contribution in [-0.2, 0) is 9.47 Å². The lowest BCUT2D eigenvalue weighted by atomic mass is 9.73. The summed E-state index contributed by atoms with van der Waals surface area (Å²) in [4.78, 5) is 0. The molecule has 1 aliphatic rings. The summed E-state index contributed by atoms with van der Waals surface area (Å²) in [5.41, 5.74) is 0. The number of hydrogen-bond acceptors (Lipinski definition) is 2. The van der Waals surface area contributed by atoms with E-state index in [-0.39, 0.29) is 0 Å². The highest BCUT2D eigenvalue weighted by Crippen LogP contribution is 2.36. The van der Waals surface area contributed by atoms with E-state index in [0.717, 1.165) is 19.1 Å². The molecule has 1 aliphatic carbocycles. The van der Waals surface area contributed by atoms with Crippen LogP contribution >= 0.6 is 0 Å². The van der Waals surface area contributed by atoms with Crippen molar-refractivity contribution < 1.29 is 9.47 Å². The number of hydrogen-bond donors (Lipinski definition) is 0. The SMILES string of the molecule is CCCCCCCC(COC)C(COC)C1CCCCC1. The Balaban J connectivity index is 2.46. The highest BCUT2D eigenvalue weighted by atomic mass is 16.5. The zero-order valence-corrected chi connectivity index (χ0v) is 14.7. The van der Waals surface area contributed by atoms with Crippen molar-refractivity contribution in [2.24, 2.45) is 17.8 Å².